The molecule has 3 aromatic carbocycles. The molecule has 3 heteroatoms. The lowest BCUT2D eigenvalue weighted by atomic mass is 10.1. The molecular weight excluding hydrogens is 344 g/mol. The second-order valence-electron chi connectivity index (χ2n) is 7.16. The average Bonchev–Trinajstić information content (AvgIpc) is 3.11. The van der Waals surface area contributed by atoms with E-state index in [4.69, 9.17) is 0 Å². The monoisotopic (exact) mass is 370 g/mol. The van der Waals surface area contributed by atoms with Crippen molar-refractivity contribution in [2.75, 3.05) is 13.1 Å². The first-order chi connectivity index (χ1) is 13.8. The third kappa shape index (κ3) is 4.33. The van der Waals surface area contributed by atoms with Crippen LogP contribution in [0.4, 0.5) is 0 Å². The summed E-state index contributed by atoms with van der Waals surface area (Å²) >= 11 is 0. The fourth-order valence-corrected chi connectivity index (χ4v) is 3.68. The molecule has 0 aliphatic carbocycles. The van der Waals surface area contributed by atoms with Crippen molar-refractivity contribution in [1.82, 2.24) is 9.88 Å². The Morgan fingerprint density at radius 1 is 0.821 bits per heavy atom. The van der Waals surface area contributed by atoms with Crippen molar-refractivity contribution >= 4 is 10.9 Å². The van der Waals surface area contributed by atoms with Crippen LogP contribution in [0.5, 0.6) is 0 Å². The van der Waals surface area contributed by atoms with Crippen LogP contribution in [0.3, 0.4) is 0 Å². The molecule has 28 heavy (non-hydrogen) atoms. The molecule has 0 saturated carbocycles. The number of aromatic nitrogens is 1. The fraction of sp³-hybridized carbons (Fsp3) is 0.200. The predicted molar refractivity (Wildman–Crippen MR) is 116 cm³/mol. The first kappa shape index (κ1) is 18.5. The highest BCUT2D eigenvalue weighted by Crippen LogP contribution is 2.28. The Morgan fingerprint density at radius 2 is 1.50 bits per heavy atom. The van der Waals surface area contributed by atoms with Crippen LogP contribution in [-0.4, -0.2) is 28.9 Å². The van der Waals surface area contributed by atoms with Crippen LogP contribution in [0.15, 0.2) is 91.0 Å². The lowest BCUT2D eigenvalue weighted by molar-refractivity contribution is 0.154. The molecule has 0 radical (unpaired) electrons. The van der Waals surface area contributed by atoms with Crippen LogP contribution in [-0.2, 0) is 13.0 Å². The Hall–Kier alpha value is -2.88. The van der Waals surface area contributed by atoms with Gasteiger partial charge in [-0.2, -0.15) is 0 Å². The molecule has 1 aromatic heterocycles. The van der Waals surface area contributed by atoms with Gasteiger partial charge >= 0.3 is 0 Å². The third-order valence-corrected chi connectivity index (χ3v) is 5.09. The van der Waals surface area contributed by atoms with Gasteiger partial charge in [-0.3, -0.25) is 0 Å². The van der Waals surface area contributed by atoms with E-state index in [1.165, 1.54) is 16.5 Å². The number of hydrogen-bond acceptors (Lipinski definition) is 2. The van der Waals surface area contributed by atoms with E-state index in [9.17, 15) is 5.11 Å². The van der Waals surface area contributed by atoms with Gasteiger partial charge < -0.3 is 15.0 Å². The summed E-state index contributed by atoms with van der Waals surface area (Å²) in [6.45, 7) is 2.00. The second-order valence-corrected chi connectivity index (χ2v) is 7.16. The van der Waals surface area contributed by atoms with Crippen molar-refractivity contribution < 1.29 is 5.11 Å². The number of hydrogen-bond donors (Lipinski definition) is 2. The maximum Gasteiger partial charge on any atom is 0.0843 e. The maximum absolute atomic E-state index is 10.7. The number of benzene rings is 3. The normalized spacial score (nSPS) is 12.3. The van der Waals surface area contributed by atoms with Gasteiger partial charge in [-0.1, -0.05) is 78.9 Å². The van der Waals surface area contributed by atoms with E-state index in [0.29, 0.717) is 13.1 Å². The lowest BCUT2D eigenvalue weighted by Gasteiger charge is -2.17. The minimum absolute atomic E-state index is 0.450. The summed E-state index contributed by atoms with van der Waals surface area (Å²) in [7, 11) is 0. The number of nitrogens with zero attached hydrogens (tertiary/aromatic N) is 1. The molecule has 0 amide bonds. The van der Waals surface area contributed by atoms with Crippen LogP contribution in [0.2, 0.25) is 0 Å². The number of nitrogens with one attached hydrogen (secondary N) is 1. The summed E-state index contributed by atoms with van der Waals surface area (Å²) in [5.41, 5.74) is 4.78. The quantitative estimate of drug-likeness (QED) is 0.448. The van der Waals surface area contributed by atoms with E-state index in [0.717, 1.165) is 24.2 Å². The average molecular weight is 370 g/mol. The standard InChI is InChI=1S/C25H26N2O/c28-23(18-26-16-15-20-9-3-1-4-10-20)19-27-24-14-8-7-13-22(24)17-25(27)21-11-5-2-6-12-21/h1-14,17,23,26,28H,15-16,18-19H2/t23-/m1/s1. The summed E-state index contributed by atoms with van der Waals surface area (Å²) in [6, 6.07) is 31.4. The highest BCUT2D eigenvalue weighted by Gasteiger charge is 2.13. The molecule has 0 fully saturated rings. The highest BCUT2D eigenvalue weighted by molar-refractivity contribution is 5.87. The molecule has 0 spiro atoms. The van der Waals surface area contributed by atoms with Gasteiger partial charge in [-0.05, 0) is 36.2 Å². The van der Waals surface area contributed by atoms with Crippen LogP contribution in [0, 0.1) is 0 Å². The van der Waals surface area contributed by atoms with E-state index in [1.807, 2.05) is 12.1 Å². The van der Waals surface area contributed by atoms with E-state index in [2.05, 4.69) is 88.7 Å². The van der Waals surface area contributed by atoms with Crippen molar-refractivity contribution in [3.05, 3.63) is 96.6 Å². The van der Waals surface area contributed by atoms with Crippen molar-refractivity contribution in [1.29, 1.82) is 0 Å². The topological polar surface area (TPSA) is 37.2 Å². The molecule has 0 bridgehead atoms. The smallest absolute Gasteiger partial charge is 0.0843 e. The van der Waals surface area contributed by atoms with Crippen LogP contribution in [0.1, 0.15) is 5.56 Å². The Morgan fingerprint density at radius 3 is 2.29 bits per heavy atom. The molecule has 4 aromatic rings. The predicted octanol–water partition coefficient (Wildman–Crippen LogP) is 4.50. The summed E-state index contributed by atoms with van der Waals surface area (Å²) in [5.74, 6) is 0. The Labute approximate surface area is 166 Å². The molecule has 2 N–H and O–H groups in total. The number of aliphatic hydroxyl groups is 1. The van der Waals surface area contributed by atoms with Gasteiger partial charge in [0.15, 0.2) is 0 Å². The number of para-hydroxylation sites is 1. The van der Waals surface area contributed by atoms with Gasteiger partial charge in [-0.25, -0.2) is 0 Å². The molecule has 3 nitrogen and oxygen atoms in total. The first-order valence-corrected chi connectivity index (χ1v) is 9.87. The number of aliphatic hydroxyl groups excluding tert-OH is 1. The van der Waals surface area contributed by atoms with Crippen molar-refractivity contribution in [2.45, 2.75) is 19.1 Å². The summed E-state index contributed by atoms with van der Waals surface area (Å²) in [4.78, 5) is 0. The van der Waals surface area contributed by atoms with Crippen molar-refractivity contribution in [2.24, 2.45) is 0 Å². The second kappa shape index (κ2) is 8.87. The molecule has 0 unspecified atom stereocenters. The number of rotatable bonds is 8. The largest absolute Gasteiger partial charge is 0.390 e. The molecule has 142 valence electrons. The van der Waals surface area contributed by atoms with Gasteiger partial charge in [0.2, 0.25) is 0 Å². The zero-order valence-corrected chi connectivity index (χ0v) is 16.0. The van der Waals surface area contributed by atoms with Crippen LogP contribution >= 0.6 is 0 Å². The molecule has 4 rings (SSSR count). The zero-order valence-electron chi connectivity index (χ0n) is 16.0. The summed E-state index contributed by atoms with van der Waals surface area (Å²) in [5, 5.41) is 15.3. The van der Waals surface area contributed by atoms with E-state index in [1.54, 1.807) is 0 Å². The SMILES string of the molecule is O[C@H](CNCCc1ccccc1)Cn1c(-c2ccccc2)cc2ccccc21. The molecular formula is C25H26N2O. The Bertz CT molecular complexity index is 1010. The van der Waals surface area contributed by atoms with E-state index < -0.39 is 6.10 Å². The van der Waals surface area contributed by atoms with Crippen LogP contribution in [0.25, 0.3) is 22.2 Å². The molecule has 0 aliphatic heterocycles. The van der Waals surface area contributed by atoms with Gasteiger partial charge in [0, 0.05) is 23.1 Å². The summed E-state index contributed by atoms with van der Waals surface area (Å²) < 4.78 is 2.23. The lowest BCUT2D eigenvalue weighted by Crippen LogP contribution is -2.31. The molecule has 0 aliphatic rings. The van der Waals surface area contributed by atoms with Crippen molar-refractivity contribution in [3.63, 3.8) is 0 Å². The van der Waals surface area contributed by atoms with Gasteiger partial charge in [0.05, 0.1) is 12.6 Å². The highest BCUT2D eigenvalue weighted by atomic mass is 16.3. The number of fused-ring (bicyclic) bond motifs is 1. The summed E-state index contributed by atoms with van der Waals surface area (Å²) in [6.07, 6.45) is 0.518. The third-order valence-electron chi connectivity index (χ3n) is 5.09. The van der Waals surface area contributed by atoms with E-state index >= 15 is 0 Å². The van der Waals surface area contributed by atoms with Gasteiger partial charge in [-0.15, -0.1) is 0 Å². The zero-order chi connectivity index (χ0) is 19.2. The Kier molecular flexibility index (Phi) is 5.86. The minimum Gasteiger partial charge on any atom is -0.390 e. The Balaban J connectivity index is 1.44. The maximum atomic E-state index is 10.7. The van der Waals surface area contributed by atoms with Gasteiger partial charge in [0.1, 0.15) is 0 Å². The molecule has 1 heterocycles. The minimum atomic E-state index is -0.450. The van der Waals surface area contributed by atoms with Crippen LogP contribution < -0.4 is 5.32 Å². The first-order valence-electron chi connectivity index (χ1n) is 9.87. The van der Waals surface area contributed by atoms with Gasteiger partial charge in [0.25, 0.3) is 0 Å². The van der Waals surface area contributed by atoms with E-state index in [-0.39, 0.29) is 0 Å². The van der Waals surface area contributed by atoms with Crippen molar-refractivity contribution in [3.8, 4) is 11.3 Å². The fourth-order valence-electron chi connectivity index (χ4n) is 3.68. The molecule has 1 atom stereocenters. The molecule has 0 saturated heterocycles.